The predicted molar refractivity (Wildman–Crippen MR) is 106 cm³/mol. The lowest BCUT2D eigenvalue weighted by Crippen LogP contribution is -2.28. The summed E-state index contributed by atoms with van der Waals surface area (Å²) in [4.78, 5) is 18.8. The number of aliphatic imine (C=N–C) groups is 1. The van der Waals surface area contributed by atoms with Gasteiger partial charge in [0.1, 0.15) is 11.5 Å². The minimum Gasteiger partial charge on any atom is -0.497 e. The summed E-state index contributed by atoms with van der Waals surface area (Å²) >= 11 is 7.64. The van der Waals surface area contributed by atoms with Crippen molar-refractivity contribution in [1.29, 1.82) is 0 Å². The highest BCUT2D eigenvalue weighted by molar-refractivity contribution is 8.15. The molecule has 0 N–H and O–H groups in total. The summed E-state index contributed by atoms with van der Waals surface area (Å²) in [5.41, 5.74) is 1.77. The fourth-order valence-corrected chi connectivity index (χ4v) is 4.09. The smallest absolute Gasteiger partial charge is 0.242 e. The molecule has 0 unspecified atom stereocenters. The van der Waals surface area contributed by atoms with Gasteiger partial charge in [0.2, 0.25) is 5.91 Å². The Morgan fingerprint density at radius 1 is 1.15 bits per heavy atom. The molecule has 7 heteroatoms. The molecule has 1 atom stereocenters. The first kappa shape index (κ1) is 18.6. The standard InChI is InChI=1S/C19H19ClN2O3S/c1-22-18(23)17(11-12-4-9-16(25-3)15(20)10-12)26-19(22)21-13-5-7-14(24-2)8-6-13/h4-10,17H,11H2,1-3H3/t17-/m0/s1. The largest absolute Gasteiger partial charge is 0.497 e. The van der Waals surface area contributed by atoms with E-state index in [1.54, 1.807) is 26.2 Å². The van der Waals surface area contributed by atoms with Gasteiger partial charge in [0.25, 0.3) is 0 Å². The van der Waals surface area contributed by atoms with Crippen molar-refractivity contribution >= 4 is 40.1 Å². The van der Waals surface area contributed by atoms with Gasteiger partial charge in [-0.25, -0.2) is 4.99 Å². The van der Waals surface area contributed by atoms with Crippen molar-refractivity contribution in [1.82, 2.24) is 4.90 Å². The van der Waals surface area contributed by atoms with Crippen LogP contribution < -0.4 is 9.47 Å². The Balaban J connectivity index is 1.75. The van der Waals surface area contributed by atoms with Crippen LogP contribution in [0.4, 0.5) is 5.69 Å². The van der Waals surface area contributed by atoms with Gasteiger partial charge >= 0.3 is 0 Å². The van der Waals surface area contributed by atoms with Gasteiger partial charge in [-0.05, 0) is 48.4 Å². The number of carbonyl (C=O) groups is 1. The second-order valence-corrected chi connectivity index (χ2v) is 7.35. The number of amides is 1. The number of rotatable bonds is 5. The zero-order valence-electron chi connectivity index (χ0n) is 14.7. The maximum absolute atomic E-state index is 12.6. The first-order valence-corrected chi connectivity index (χ1v) is 9.27. The number of amidine groups is 1. The number of hydrogen-bond acceptors (Lipinski definition) is 5. The van der Waals surface area contributed by atoms with E-state index in [0.29, 0.717) is 22.4 Å². The molecule has 0 bridgehead atoms. The van der Waals surface area contributed by atoms with Crippen molar-refractivity contribution in [2.45, 2.75) is 11.7 Å². The highest BCUT2D eigenvalue weighted by Gasteiger charge is 2.35. The molecule has 2 aromatic carbocycles. The molecule has 0 radical (unpaired) electrons. The summed E-state index contributed by atoms with van der Waals surface area (Å²) in [5.74, 6) is 1.43. The van der Waals surface area contributed by atoms with E-state index in [9.17, 15) is 4.79 Å². The third-order valence-electron chi connectivity index (χ3n) is 4.08. The molecule has 136 valence electrons. The third kappa shape index (κ3) is 3.97. The number of nitrogens with zero attached hydrogens (tertiary/aromatic N) is 2. The molecule has 1 heterocycles. The number of thioether (sulfide) groups is 1. The van der Waals surface area contributed by atoms with Crippen LogP contribution in [0.15, 0.2) is 47.5 Å². The van der Waals surface area contributed by atoms with Crippen LogP contribution in [0, 0.1) is 0 Å². The lowest BCUT2D eigenvalue weighted by molar-refractivity contribution is -0.125. The van der Waals surface area contributed by atoms with Crippen LogP contribution in [0.2, 0.25) is 5.02 Å². The van der Waals surface area contributed by atoms with Crippen LogP contribution in [-0.2, 0) is 11.2 Å². The highest BCUT2D eigenvalue weighted by atomic mass is 35.5. The van der Waals surface area contributed by atoms with Crippen LogP contribution in [-0.4, -0.2) is 42.5 Å². The Kier molecular flexibility index (Phi) is 5.74. The minimum absolute atomic E-state index is 0.0363. The van der Waals surface area contributed by atoms with Gasteiger partial charge in [-0.2, -0.15) is 0 Å². The summed E-state index contributed by atoms with van der Waals surface area (Å²) in [5, 5.41) is 1.01. The van der Waals surface area contributed by atoms with E-state index >= 15 is 0 Å². The average Bonchev–Trinajstić information content (AvgIpc) is 2.90. The van der Waals surface area contributed by atoms with Gasteiger partial charge in [0.05, 0.1) is 30.2 Å². The highest BCUT2D eigenvalue weighted by Crippen LogP contribution is 2.33. The fraction of sp³-hybridized carbons (Fsp3) is 0.263. The number of carbonyl (C=O) groups excluding carboxylic acids is 1. The Labute approximate surface area is 162 Å². The van der Waals surface area contributed by atoms with Crippen molar-refractivity contribution in [3.63, 3.8) is 0 Å². The van der Waals surface area contributed by atoms with Crippen LogP contribution in [0.5, 0.6) is 11.5 Å². The molecule has 1 amide bonds. The second-order valence-electron chi connectivity index (χ2n) is 5.77. The van der Waals surface area contributed by atoms with E-state index in [2.05, 4.69) is 4.99 Å². The maximum atomic E-state index is 12.6. The van der Waals surface area contributed by atoms with E-state index in [0.717, 1.165) is 17.0 Å². The molecule has 2 aromatic rings. The maximum Gasteiger partial charge on any atom is 0.242 e. The van der Waals surface area contributed by atoms with E-state index in [4.69, 9.17) is 21.1 Å². The second kappa shape index (κ2) is 8.01. The molecule has 0 spiro atoms. The molecule has 0 saturated carbocycles. The van der Waals surface area contributed by atoms with Crippen molar-refractivity contribution in [2.24, 2.45) is 4.99 Å². The molecular weight excluding hydrogens is 372 g/mol. The van der Waals surface area contributed by atoms with Crippen molar-refractivity contribution in [3.05, 3.63) is 53.1 Å². The summed E-state index contributed by atoms with van der Waals surface area (Å²) in [7, 11) is 4.95. The van der Waals surface area contributed by atoms with Gasteiger partial charge in [-0.15, -0.1) is 0 Å². The number of benzene rings is 2. The van der Waals surface area contributed by atoms with Gasteiger partial charge in [0.15, 0.2) is 5.17 Å². The van der Waals surface area contributed by atoms with E-state index < -0.39 is 0 Å². The normalized spacial score (nSPS) is 18.5. The predicted octanol–water partition coefficient (Wildman–Crippen LogP) is 4.16. The fourth-order valence-electron chi connectivity index (χ4n) is 2.62. The summed E-state index contributed by atoms with van der Waals surface area (Å²) in [6, 6.07) is 13.0. The third-order valence-corrected chi connectivity index (χ3v) is 5.60. The molecule has 1 saturated heterocycles. The number of ether oxygens (including phenoxy) is 2. The number of halogens is 1. The SMILES string of the molecule is COc1ccc(N=C2S[C@@H](Cc3ccc(OC)c(Cl)c3)C(=O)N2C)cc1. The van der Waals surface area contributed by atoms with Crippen LogP contribution in [0.25, 0.3) is 0 Å². The van der Waals surface area contributed by atoms with Gasteiger partial charge in [-0.1, -0.05) is 29.4 Å². The summed E-state index contributed by atoms with van der Waals surface area (Å²) in [6.07, 6.45) is 0.583. The van der Waals surface area contributed by atoms with Crippen LogP contribution >= 0.6 is 23.4 Å². The summed E-state index contributed by atoms with van der Waals surface area (Å²) < 4.78 is 10.3. The lowest BCUT2D eigenvalue weighted by Gasteiger charge is -2.10. The van der Waals surface area contributed by atoms with Gasteiger partial charge in [0, 0.05) is 7.05 Å². The zero-order chi connectivity index (χ0) is 18.7. The average molecular weight is 391 g/mol. The van der Waals surface area contributed by atoms with E-state index in [1.807, 2.05) is 42.5 Å². The Morgan fingerprint density at radius 3 is 2.50 bits per heavy atom. The number of methoxy groups -OCH3 is 2. The first-order valence-electron chi connectivity index (χ1n) is 8.01. The zero-order valence-corrected chi connectivity index (χ0v) is 16.3. The molecule has 0 aliphatic carbocycles. The molecule has 5 nitrogen and oxygen atoms in total. The number of hydrogen-bond donors (Lipinski definition) is 0. The minimum atomic E-state index is -0.221. The molecule has 1 aliphatic rings. The lowest BCUT2D eigenvalue weighted by atomic mass is 10.1. The van der Waals surface area contributed by atoms with Crippen LogP contribution in [0.3, 0.4) is 0 Å². The quantitative estimate of drug-likeness (QED) is 0.769. The summed E-state index contributed by atoms with van der Waals surface area (Å²) in [6.45, 7) is 0. The Hall–Kier alpha value is -2.18. The molecule has 1 aliphatic heterocycles. The van der Waals surface area contributed by atoms with E-state index in [-0.39, 0.29) is 11.2 Å². The Bertz CT molecular complexity index is 839. The molecule has 0 aromatic heterocycles. The monoisotopic (exact) mass is 390 g/mol. The van der Waals surface area contributed by atoms with Crippen molar-refractivity contribution in [2.75, 3.05) is 21.3 Å². The van der Waals surface area contributed by atoms with Gasteiger partial charge in [-0.3, -0.25) is 9.69 Å². The molecule has 26 heavy (non-hydrogen) atoms. The topological polar surface area (TPSA) is 51.1 Å². The van der Waals surface area contributed by atoms with Crippen molar-refractivity contribution < 1.29 is 14.3 Å². The molecule has 3 rings (SSSR count). The van der Waals surface area contributed by atoms with Crippen LogP contribution in [0.1, 0.15) is 5.56 Å². The van der Waals surface area contributed by atoms with E-state index in [1.165, 1.54) is 11.8 Å². The van der Waals surface area contributed by atoms with Crippen molar-refractivity contribution in [3.8, 4) is 11.5 Å². The first-order chi connectivity index (χ1) is 12.5. The molecular formula is C19H19ClN2O3S. The van der Waals surface area contributed by atoms with Gasteiger partial charge < -0.3 is 9.47 Å². The Morgan fingerprint density at radius 2 is 1.88 bits per heavy atom. The molecule has 1 fully saturated rings.